The van der Waals surface area contributed by atoms with Gasteiger partial charge in [-0.15, -0.1) is 11.6 Å². The fourth-order valence-electron chi connectivity index (χ4n) is 2.47. The number of nitrogens with zero attached hydrogens (tertiary/aromatic N) is 2. The van der Waals surface area contributed by atoms with Crippen LogP contribution in [0, 0.1) is 0 Å². The number of hydrogen-bond donors (Lipinski definition) is 0. The minimum Gasteiger partial charge on any atom is -0.354 e. The highest BCUT2D eigenvalue weighted by Crippen LogP contribution is 2.31. The number of halogens is 4. The third-order valence-corrected chi connectivity index (χ3v) is 3.61. The lowest BCUT2D eigenvalue weighted by Crippen LogP contribution is -2.40. The summed E-state index contributed by atoms with van der Waals surface area (Å²) >= 11 is 5.76. The Bertz CT molecular complexity index is 421. The van der Waals surface area contributed by atoms with E-state index in [0.717, 1.165) is 38.3 Å². The number of aromatic nitrogens is 1. The van der Waals surface area contributed by atoms with E-state index < -0.39 is 11.9 Å². The lowest BCUT2D eigenvalue weighted by Gasteiger charge is -2.36. The highest BCUT2D eigenvalue weighted by molar-refractivity contribution is 6.17. The molecular formula is C13H16ClF3N2. The summed E-state index contributed by atoms with van der Waals surface area (Å²) in [7, 11) is 0. The van der Waals surface area contributed by atoms with E-state index in [1.165, 1.54) is 6.07 Å². The summed E-state index contributed by atoms with van der Waals surface area (Å²) in [5, 5.41) is 0. The molecule has 1 aromatic heterocycles. The van der Waals surface area contributed by atoms with Crippen LogP contribution in [0.1, 0.15) is 31.4 Å². The number of piperidine rings is 1. The van der Waals surface area contributed by atoms with Gasteiger partial charge in [-0.25, -0.2) is 4.98 Å². The molecule has 1 fully saturated rings. The van der Waals surface area contributed by atoms with Crippen LogP contribution in [0.5, 0.6) is 0 Å². The normalized spacial score (nSPS) is 20.6. The summed E-state index contributed by atoms with van der Waals surface area (Å²) in [6.07, 6.45) is -0.578. The predicted octanol–water partition coefficient (Wildman–Crippen LogP) is 4.09. The maximum atomic E-state index is 12.7. The summed E-state index contributed by atoms with van der Waals surface area (Å²) in [6.45, 7) is 0.746. The van der Waals surface area contributed by atoms with E-state index in [-0.39, 0.29) is 6.04 Å². The molecular weight excluding hydrogens is 277 g/mol. The summed E-state index contributed by atoms with van der Waals surface area (Å²) in [4.78, 5) is 5.72. The van der Waals surface area contributed by atoms with Crippen LogP contribution in [-0.4, -0.2) is 23.5 Å². The first kappa shape index (κ1) is 14.4. The highest BCUT2D eigenvalue weighted by atomic mass is 35.5. The molecule has 19 heavy (non-hydrogen) atoms. The third kappa shape index (κ3) is 3.53. The van der Waals surface area contributed by atoms with Crippen molar-refractivity contribution in [1.82, 2.24) is 4.98 Å². The Labute approximate surface area is 115 Å². The van der Waals surface area contributed by atoms with Gasteiger partial charge >= 0.3 is 6.18 Å². The molecule has 2 rings (SSSR count). The maximum Gasteiger partial charge on any atom is 0.433 e. The molecule has 1 aromatic rings. The predicted molar refractivity (Wildman–Crippen MR) is 69.6 cm³/mol. The highest BCUT2D eigenvalue weighted by Gasteiger charge is 2.33. The van der Waals surface area contributed by atoms with E-state index in [4.69, 9.17) is 11.6 Å². The van der Waals surface area contributed by atoms with E-state index in [9.17, 15) is 13.2 Å². The van der Waals surface area contributed by atoms with Crippen molar-refractivity contribution in [2.75, 3.05) is 17.3 Å². The molecule has 1 aliphatic heterocycles. The monoisotopic (exact) mass is 292 g/mol. The van der Waals surface area contributed by atoms with Crippen molar-refractivity contribution >= 4 is 17.4 Å². The van der Waals surface area contributed by atoms with Crippen LogP contribution in [0.2, 0.25) is 0 Å². The van der Waals surface area contributed by atoms with Gasteiger partial charge in [-0.3, -0.25) is 0 Å². The first-order valence-electron chi connectivity index (χ1n) is 6.39. The van der Waals surface area contributed by atoms with Gasteiger partial charge in [-0.2, -0.15) is 13.2 Å². The van der Waals surface area contributed by atoms with E-state index in [0.29, 0.717) is 11.7 Å². The van der Waals surface area contributed by atoms with E-state index in [2.05, 4.69) is 4.98 Å². The Hall–Kier alpha value is -0.970. The topological polar surface area (TPSA) is 16.1 Å². The van der Waals surface area contributed by atoms with Crippen LogP contribution in [0.25, 0.3) is 0 Å². The Balaban J connectivity index is 2.24. The second-order valence-corrected chi connectivity index (χ2v) is 5.08. The summed E-state index contributed by atoms with van der Waals surface area (Å²) in [5.74, 6) is 0.921. The molecule has 1 aliphatic rings. The zero-order chi connectivity index (χ0) is 13.9. The molecule has 0 N–H and O–H groups in total. The van der Waals surface area contributed by atoms with Gasteiger partial charge < -0.3 is 4.90 Å². The molecule has 0 amide bonds. The van der Waals surface area contributed by atoms with E-state index in [1.54, 1.807) is 6.07 Å². The second-order valence-electron chi connectivity index (χ2n) is 4.70. The Morgan fingerprint density at radius 2 is 2.11 bits per heavy atom. The lowest BCUT2D eigenvalue weighted by molar-refractivity contribution is -0.141. The fraction of sp³-hybridized carbons (Fsp3) is 0.615. The van der Waals surface area contributed by atoms with Gasteiger partial charge in [0.2, 0.25) is 0 Å². The fourth-order valence-corrected chi connectivity index (χ4v) is 2.72. The number of alkyl halides is 4. The van der Waals surface area contributed by atoms with Crippen molar-refractivity contribution in [1.29, 1.82) is 0 Å². The molecule has 2 heterocycles. The molecule has 0 aromatic carbocycles. The third-order valence-electron chi connectivity index (χ3n) is 3.39. The minimum absolute atomic E-state index is 0.197. The maximum absolute atomic E-state index is 12.7. The van der Waals surface area contributed by atoms with Crippen LogP contribution in [0.4, 0.5) is 19.0 Å². The average Bonchev–Trinajstić information content (AvgIpc) is 2.39. The van der Waals surface area contributed by atoms with E-state index in [1.807, 2.05) is 4.90 Å². The molecule has 6 heteroatoms. The molecule has 1 atom stereocenters. The number of hydrogen-bond acceptors (Lipinski definition) is 2. The smallest absolute Gasteiger partial charge is 0.354 e. The van der Waals surface area contributed by atoms with Crippen molar-refractivity contribution < 1.29 is 13.2 Å². The second kappa shape index (κ2) is 5.99. The van der Waals surface area contributed by atoms with Crippen LogP contribution < -0.4 is 4.90 Å². The summed E-state index contributed by atoms with van der Waals surface area (Å²) in [6, 6.07) is 4.26. The van der Waals surface area contributed by atoms with Crippen LogP contribution in [0.3, 0.4) is 0 Å². The molecule has 2 nitrogen and oxygen atoms in total. The quantitative estimate of drug-likeness (QED) is 0.780. The molecule has 0 spiro atoms. The average molecular weight is 293 g/mol. The SMILES string of the molecule is FC(F)(F)c1cccc(N2CCCCC2CCCl)n1. The Morgan fingerprint density at radius 3 is 2.79 bits per heavy atom. The zero-order valence-corrected chi connectivity index (χ0v) is 11.2. The Morgan fingerprint density at radius 1 is 1.32 bits per heavy atom. The first-order valence-corrected chi connectivity index (χ1v) is 6.92. The molecule has 106 valence electrons. The van der Waals surface area contributed by atoms with Crippen molar-refractivity contribution in [3.63, 3.8) is 0 Å². The summed E-state index contributed by atoms with van der Waals surface area (Å²) in [5.41, 5.74) is -0.833. The van der Waals surface area contributed by atoms with E-state index >= 15 is 0 Å². The standard InChI is InChI=1S/C13H16ClF3N2/c14-8-7-10-4-1-2-9-19(10)12-6-3-5-11(18-12)13(15,16)17/h3,5-6,10H,1-2,4,7-9H2. The van der Waals surface area contributed by atoms with Gasteiger partial charge in [0, 0.05) is 18.5 Å². The van der Waals surface area contributed by atoms with Crippen LogP contribution in [0.15, 0.2) is 18.2 Å². The van der Waals surface area contributed by atoms with Crippen molar-refractivity contribution in [2.24, 2.45) is 0 Å². The van der Waals surface area contributed by atoms with Gasteiger partial charge in [0.05, 0.1) is 0 Å². The molecule has 0 radical (unpaired) electrons. The van der Waals surface area contributed by atoms with Crippen molar-refractivity contribution in [3.05, 3.63) is 23.9 Å². The van der Waals surface area contributed by atoms with Gasteiger partial charge in [-0.05, 0) is 37.8 Å². The number of anilines is 1. The van der Waals surface area contributed by atoms with Crippen LogP contribution >= 0.6 is 11.6 Å². The van der Waals surface area contributed by atoms with Crippen LogP contribution in [-0.2, 0) is 6.18 Å². The van der Waals surface area contributed by atoms with Crippen molar-refractivity contribution in [2.45, 2.75) is 37.9 Å². The molecule has 0 saturated carbocycles. The van der Waals surface area contributed by atoms with Crippen molar-refractivity contribution in [3.8, 4) is 0 Å². The van der Waals surface area contributed by atoms with Gasteiger partial charge in [0.25, 0.3) is 0 Å². The van der Waals surface area contributed by atoms with Gasteiger partial charge in [-0.1, -0.05) is 6.07 Å². The van der Waals surface area contributed by atoms with Gasteiger partial charge in [0.15, 0.2) is 0 Å². The molecule has 0 bridgehead atoms. The molecule has 0 aliphatic carbocycles. The number of rotatable bonds is 3. The minimum atomic E-state index is -4.40. The lowest BCUT2D eigenvalue weighted by atomic mass is 10.00. The summed E-state index contributed by atoms with van der Waals surface area (Å²) < 4.78 is 38.0. The molecule has 1 unspecified atom stereocenters. The zero-order valence-electron chi connectivity index (χ0n) is 10.5. The molecule has 1 saturated heterocycles. The first-order chi connectivity index (χ1) is 9.02. The number of pyridine rings is 1. The van der Waals surface area contributed by atoms with Gasteiger partial charge in [0.1, 0.15) is 11.5 Å². The largest absolute Gasteiger partial charge is 0.433 e. The Kier molecular flexibility index (Phi) is 4.55.